The van der Waals surface area contributed by atoms with Crippen LogP contribution in [-0.4, -0.2) is 35.6 Å². The number of benzene rings is 2. The highest BCUT2D eigenvalue weighted by Crippen LogP contribution is 2.14. The highest BCUT2D eigenvalue weighted by atomic mass is 17.3. The highest BCUT2D eigenvalue weighted by Gasteiger charge is 2.24. The third-order valence-electron chi connectivity index (χ3n) is 6.76. The van der Waals surface area contributed by atoms with Gasteiger partial charge in [-0.05, 0) is 36.1 Å². The maximum absolute atomic E-state index is 12.6. The highest BCUT2D eigenvalue weighted by molar-refractivity contribution is 5.94. The Labute approximate surface area is 245 Å². The van der Waals surface area contributed by atoms with Crippen molar-refractivity contribution in [1.82, 2.24) is 10.4 Å². The zero-order valence-corrected chi connectivity index (χ0v) is 25.1. The van der Waals surface area contributed by atoms with Gasteiger partial charge in [0.2, 0.25) is 6.10 Å². The molecule has 0 aromatic heterocycles. The largest absolute Gasteiger partial charge is 0.450 e. The lowest BCUT2D eigenvalue weighted by Gasteiger charge is -2.21. The quantitative estimate of drug-likeness (QED) is 0.0745. The number of carbonyl (C=O) groups is 3. The zero-order chi connectivity index (χ0) is 29.7. The Morgan fingerprint density at radius 2 is 1.32 bits per heavy atom. The summed E-state index contributed by atoms with van der Waals surface area (Å²) < 4.78 is 4.99. The molecule has 1 unspecified atom stereocenters. The summed E-state index contributed by atoms with van der Waals surface area (Å²) in [7, 11) is 0. The number of carbonyl (C=O) groups excluding carboxylic acids is 3. The van der Waals surface area contributed by atoms with Crippen LogP contribution >= 0.6 is 0 Å². The van der Waals surface area contributed by atoms with Crippen molar-refractivity contribution in [3.63, 3.8) is 0 Å². The molecule has 1 amide bonds. The van der Waals surface area contributed by atoms with Crippen molar-refractivity contribution in [2.24, 2.45) is 0 Å². The van der Waals surface area contributed by atoms with Gasteiger partial charge in [-0.1, -0.05) is 119 Å². The van der Waals surface area contributed by atoms with Crippen LogP contribution in [0.3, 0.4) is 0 Å². The second-order valence-electron chi connectivity index (χ2n) is 10.4. The number of ether oxygens (including phenoxy) is 1. The Balaban J connectivity index is 1.80. The summed E-state index contributed by atoms with van der Waals surface area (Å²) in [5.41, 5.74) is 2.42. The van der Waals surface area contributed by atoms with Crippen molar-refractivity contribution < 1.29 is 29.0 Å². The van der Waals surface area contributed by atoms with E-state index in [2.05, 4.69) is 12.2 Å². The second-order valence-corrected chi connectivity index (χ2v) is 10.4. The minimum atomic E-state index is -1.04. The Kier molecular flexibility index (Phi) is 17.1. The number of hydrogen-bond donors (Lipinski definition) is 1. The Hall–Kier alpha value is -3.23. The van der Waals surface area contributed by atoms with E-state index in [1.807, 2.05) is 42.5 Å². The zero-order valence-electron chi connectivity index (χ0n) is 25.1. The number of amides is 1. The van der Waals surface area contributed by atoms with E-state index >= 15 is 0 Å². The van der Waals surface area contributed by atoms with Crippen LogP contribution in [0.1, 0.15) is 113 Å². The summed E-state index contributed by atoms with van der Waals surface area (Å²) in [6.45, 7) is 6.51. The summed E-state index contributed by atoms with van der Waals surface area (Å²) in [6.07, 6.45) is 11.8. The molecule has 0 saturated heterocycles. The third-order valence-corrected chi connectivity index (χ3v) is 6.76. The average Bonchev–Trinajstić information content (AvgIpc) is 2.98. The molecule has 0 fully saturated rings. The lowest BCUT2D eigenvalue weighted by molar-refractivity contribution is -0.408. The number of nitrogens with zero attached hydrogens (tertiary/aromatic N) is 1. The predicted molar refractivity (Wildman–Crippen MR) is 159 cm³/mol. The van der Waals surface area contributed by atoms with Crippen molar-refractivity contribution in [2.45, 2.75) is 111 Å². The molecule has 8 nitrogen and oxygen atoms in total. The normalized spacial score (nSPS) is 11.7. The fourth-order valence-electron chi connectivity index (χ4n) is 4.42. The third kappa shape index (κ3) is 14.8. The van der Waals surface area contributed by atoms with Gasteiger partial charge < -0.3 is 10.1 Å². The Morgan fingerprint density at radius 3 is 1.88 bits per heavy atom. The number of nitrogens with one attached hydrogen (secondary N) is 1. The van der Waals surface area contributed by atoms with E-state index in [4.69, 9.17) is 14.6 Å². The minimum absolute atomic E-state index is 0.0881. The molecule has 8 heteroatoms. The smallest absolute Gasteiger partial charge is 0.384 e. The maximum Gasteiger partial charge on any atom is 0.384 e. The van der Waals surface area contributed by atoms with E-state index in [0.29, 0.717) is 25.2 Å². The Bertz CT molecular complexity index is 1010. The molecule has 0 heterocycles. The molecule has 226 valence electrons. The van der Waals surface area contributed by atoms with E-state index in [-0.39, 0.29) is 12.3 Å². The summed E-state index contributed by atoms with van der Waals surface area (Å²) in [4.78, 5) is 46.6. The lowest BCUT2D eigenvalue weighted by atomic mass is 10.1. The first-order valence-electron chi connectivity index (χ1n) is 15.1. The van der Waals surface area contributed by atoms with Crippen LogP contribution in [0.15, 0.2) is 54.6 Å². The van der Waals surface area contributed by atoms with Gasteiger partial charge in [0.15, 0.2) is 0 Å². The molecular formula is C33H48N2O6. The van der Waals surface area contributed by atoms with Gasteiger partial charge in [0, 0.05) is 19.0 Å². The van der Waals surface area contributed by atoms with E-state index in [1.54, 1.807) is 19.1 Å². The predicted octanol–water partition coefficient (Wildman–Crippen LogP) is 7.07. The number of esters is 1. The molecular weight excluding hydrogens is 520 g/mol. The molecule has 1 atom stereocenters. The van der Waals surface area contributed by atoms with Crippen LogP contribution in [0.4, 0.5) is 0 Å². The van der Waals surface area contributed by atoms with Crippen LogP contribution in [0.5, 0.6) is 0 Å². The van der Waals surface area contributed by atoms with Crippen LogP contribution in [0, 0.1) is 0 Å². The van der Waals surface area contributed by atoms with Gasteiger partial charge in [0.05, 0.1) is 13.1 Å². The number of rotatable bonds is 21. The monoisotopic (exact) mass is 568 g/mol. The molecule has 2 rings (SSSR count). The van der Waals surface area contributed by atoms with Crippen molar-refractivity contribution in [1.29, 1.82) is 0 Å². The number of hydrogen-bond acceptors (Lipinski definition) is 7. The summed E-state index contributed by atoms with van der Waals surface area (Å²) in [5, 5.41) is 4.51. The van der Waals surface area contributed by atoms with Crippen LogP contribution in [-0.2, 0) is 37.3 Å². The van der Waals surface area contributed by atoms with Crippen molar-refractivity contribution >= 4 is 17.8 Å². The summed E-state index contributed by atoms with van der Waals surface area (Å²) in [6, 6.07) is 16.9. The standard InChI is InChI=1S/C33H48N2O6/c1-4-6-7-8-9-10-11-12-13-17-24-34-32(37)30-22-20-29(21-23-30)26-35(25-28-18-15-14-16-19-28)41-40-33(38)31(5-2)39-27(3)36/h14-16,18-23,31H,4-13,17,24-26H2,1-3H3,(H,34,37). The molecule has 0 aliphatic carbocycles. The van der Waals surface area contributed by atoms with E-state index in [0.717, 1.165) is 24.0 Å². The first-order chi connectivity index (χ1) is 19.9. The maximum atomic E-state index is 12.6. The fourth-order valence-corrected chi connectivity index (χ4v) is 4.42. The van der Waals surface area contributed by atoms with Crippen molar-refractivity contribution in [3.8, 4) is 0 Å². The van der Waals surface area contributed by atoms with Gasteiger partial charge in [-0.3, -0.25) is 14.5 Å². The lowest BCUT2D eigenvalue weighted by Crippen LogP contribution is -2.31. The number of hydroxylamine groups is 2. The molecule has 41 heavy (non-hydrogen) atoms. The van der Waals surface area contributed by atoms with Crippen LogP contribution in [0.25, 0.3) is 0 Å². The van der Waals surface area contributed by atoms with Gasteiger partial charge in [-0.2, -0.15) is 0 Å². The van der Waals surface area contributed by atoms with E-state index in [1.165, 1.54) is 63.4 Å². The molecule has 2 aromatic rings. The summed E-state index contributed by atoms with van der Waals surface area (Å²) in [5.74, 6) is -1.44. The molecule has 0 radical (unpaired) electrons. The van der Waals surface area contributed by atoms with Crippen LogP contribution in [0.2, 0.25) is 0 Å². The summed E-state index contributed by atoms with van der Waals surface area (Å²) >= 11 is 0. The molecule has 2 aromatic carbocycles. The van der Waals surface area contributed by atoms with Gasteiger partial charge >= 0.3 is 11.9 Å². The first-order valence-corrected chi connectivity index (χ1v) is 15.1. The van der Waals surface area contributed by atoms with Crippen molar-refractivity contribution in [3.05, 3.63) is 71.3 Å². The second kappa shape index (κ2) is 20.6. The molecule has 0 aliphatic heterocycles. The molecule has 0 bridgehead atoms. The number of unbranched alkanes of at least 4 members (excludes halogenated alkanes) is 9. The van der Waals surface area contributed by atoms with Crippen LogP contribution < -0.4 is 5.32 Å². The molecule has 0 aliphatic rings. The first kappa shape index (κ1) is 34.0. The van der Waals surface area contributed by atoms with Gasteiger partial charge in [-0.15, -0.1) is 5.06 Å². The fraction of sp³-hybridized carbons (Fsp3) is 0.545. The van der Waals surface area contributed by atoms with Gasteiger partial charge in [0.25, 0.3) is 5.91 Å². The average molecular weight is 569 g/mol. The minimum Gasteiger partial charge on any atom is -0.450 e. The Morgan fingerprint density at radius 1 is 0.756 bits per heavy atom. The van der Waals surface area contributed by atoms with Gasteiger partial charge in [0.1, 0.15) is 0 Å². The molecule has 0 spiro atoms. The topological polar surface area (TPSA) is 94.2 Å². The van der Waals surface area contributed by atoms with E-state index < -0.39 is 18.0 Å². The van der Waals surface area contributed by atoms with E-state index in [9.17, 15) is 14.4 Å². The SMILES string of the molecule is CCCCCCCCCCCCNC(=O)c1ccc(CN(Cc2ccccc2)OOC(=O)C(CC)OC(C)=O)cc1. The molecule has 0 saturated carbocycles. The van der Waals surface area contributed by atoms with Crippen molar-refractivity contribution in [2.75, 3.05) is 6.54 Å². The van der Waals surface area contributed by atoms with Gasteiger partial charge in [-0.25, -0.2) is 4.79 Å². The molecule has 1 N–H and O–H groups in total.